The lowest BCUT2D eigenvalue weighted by atomic mass is 10.3. The number of amides is 1. The van der Waals surface area contributed by atoms with Crippen molar-refractivity contribution in [3.05, 3.63) is 41.5 Å². The number of nitrogens with zero attached hydrogens (tertiary/aromatic N) is 3. The average molecular weight is 308 g/mol. The molecule has 116 valence electrons. The zero-order valence-corrected chi connectivity index (χ0v) is 11.6. The minimum absolute atomic E-state index is 0.0432. The van der Waals surface area contributed by atoms with Crippen molar-refractivity contribution in [1.29, 1.82) is 0 Å². The van der Waals surface area contributed by atoms with Gasteiger partial charge in [-0.1, -0.05) is 5.21 Å². The minimum Gasteiger partial charge on any atom is -0.476 e. The van der Waals surface area contributed by atoms with E-state index in [9.17, 15) is 14.0 Å². The van der Waals surface area contributed by atoms with Crippen LogP contribution in [0.5, 0.6) is 0 Å². The van der Waals surface area contributed by atoms with Crippen molar-refractivity contribution < 1.29 is 23.8 Å². The lowest BCUT2D eigenvalue weighted by Crippen LogP contribution is -2.21. The van der Waals surface area contributed by atoms with Gasteiger partial charge in [0.1, 0.15) is 12.4 Å². The van der Waals surface area contributed by atoms with E-state index in [4.69, 9.17) is 9.84 Å². The maximum atomic E-state index is 12.8. The van der Waals surface area contributed by atoms with E-state index < -0.39 is 17.7 Å². The SMILES string of the molecule is COCc1c(C(=O)O)nnn1CC(=O)Nc1ccc(F)cc1. The van der Waals surface area contributed by atoms with Gasteiger partial charge in [-0.05, 0) is 24.3 Å². The van der Waals surface area contributed by atoms with E-state index in [1.165, 1.54) is 31.4 Å². The van der Waals surface area contributed by atoms with Gasteiger partial charge in [0.2, 0.25) is 5.91 Å². The molecular formula is C13H13FN4O4. The number of halogens is 1. The minimum atomic E-state index is -1.25. The first kappa shape index (κ1) is 15.6. The summed E-state index contributed by atoms with van der Waals surface area (Å²) in [5.74, 6) is -2.12. The maximum Gasteiger partial charge on any atom is 0.358 e. The van der Waals surface area contributed by atoms with E-state index >= 15 is 0 Å². The number of carbonyl (C=O) groups is 2. The predicted molar refractivity (Wildman–Crippen MR) is 72.7 cm³/mol. The number of hydrogen-bond acceptors (Lipinski definition) is 5. The van der Waals surface area contributed by atoms with Crippen LogP contribution in [-0.2, 0) is 22.7 Å². The largest absolute Gasteiger partial charge is 0.476 e. The van der Waals surface area contributed by atoms with Gasteiger partial charge in [0.25, 0.3) is 0 Å². The fraction of sp³-hybridized carbons (Fsp3) is 0.231. The number of aromatic carboxylic acids is 1. The summed E-state index contributed by atoms with van der Waals surface area (Å²) in [5, 5.41) is 18.7. The van der Waals surface area contributed by atoms with Crippen LogP contribution < -0.4 is 5.32 Å². The molecular weight excluding hydrogens is 295 g/mol. The third-order valence-corrected chi connectivity index (χ3v) is 2.74. The van der Waals surface area contributed by atoms with Crippen molar-refractivity contribution in [2.45, 2.75) is 13.2 Å². The van der Waals surface area contributed by atoms with Crippen LogP contribution in [-0.4, -0.2) is 39.1 Å². The molecule has 2 N–H and O–H groups in total. The van der Waals surface area contributed by atoms with Crippen molar-refractivity contribution in [1.82, 2.24) is 15.0 Å². The summed E-state index contributed by atoms with van der Waals surface area (Å²) in [4.78, 5) is 22.9. The number of ether oxygens (including phenoxy) is 1. The molecule has 0 radical (unpaired) electrons. The fourth-order valence-corrected chi connectivity index (χ4v) is 1.78. The molecule has 0 saturated heterocycles. The molecule has 0 aliphatic rings. The van der Waals surface area contributed by atoms with Crippen LogP contribution in [0.4, 0.5) is 10.1 Å². The van der Waals surface area contributed by atoms with E-state index in [-0.39, 0.29) is 24.5 Å². The maximum absolute atomic E-state index is 12.8. The summed E-state index contributed by atoms with van der Waals surface area (Å²) in [6, 6.07) is 5.24. The number of benzene rings is 1. The summed E-state index contributed by atoms with van der Waals surface area (Å²) >= 11 is 0. The Morgan fingerprint density at radius 2 is 2.05 bits per heavy atom. The molecule has 2 rings (SSSR count). The molecule has 0 fully saturated rings. The molecule has 1 amide bonds. The average Bonchev–Trinajstić information content (AvgIpc) is 2.85. The van der Waals surface area contributed by atoms with E-state index in [0.29, 0.717) is 5.69 Å². The van der Waals surface area contributed by atoms with Gasteiger partial charge in [-0.15, -0.1) is 5.10 Å². The highest BCUT2D eigenvalue weighted by atomic mass is 19.1. The number of methoxy groups -OCH3 is 1. The van der Waals surface area contributed by atoms with Crippen LogP contribution in [0.1, 0.15) is 16.2 Å². The molecule has 0 saturated carbocycles. The zero-order chi connectivity index (χ0) is 16.1. The summed E-state index contributed by atoms with van der Waals surface area (Å²) in [6.07, 6.45) is 0. The number of hydrogen-bond donors (Lipinski definition) is 2. The monoisotopic (exact) mass is 308 g/mol. The first-order chi connectivity index (χ1) is 10.5. The van der Waals surface area contributed by atoms with Crippen molar-refractivity contribution >= 4 is 17.6 Å². The molecule has 2 aromatic rings. The van der Waals surface area contributed by atoms with E-state index in [2.05, 4.69) is 15.6 Å². The Bertz CT molecular complexity index is 684. The van der Waals surface area contributed by atoms with Crippen molar-refractivity contribution in [2.24, 2.45) is 0 Å². The number of carboxylic acid groups (broad SMARTS) is 1. The van der Waals surface area contributed by atoms with Crippen LogP contribution in [0.3, 0.4) is 0 Å². The second kappa shape index (κ2) is 6.76. The first-order valence-electron chi connectivity index (χ1n) is 6.21. The Kier molecular flexibility index (Phi) is 4.79. The van der Waals surface area contributed by atoms with Gasteiger partial charge in [-0.2, -0.15) is 0 Å². The van der Waals surface area contributed by atoms with Gasteiger partial charge in [0.05, 0.1) is 12.3 Å². The van der Waals surface area contributed by atoms with Gasteiger partial charge in [0.15, 0.2) is 5.69 Å². The molecule has 0 unspecified atom stereocenters. The van der Waals surface area contributed by atoms with Gasteiger partial charge in [0, 0.05) is 12.8 Å². The van der Waals surface area contributed by atoms with Crippen LogP contribution in [0.15, 0.2) is 24.3 Å². The number of carbonyl (C=O) groups excluding carboxylic acids is 1. The number of aromatic nitrogens is 3. The Labute approximate surface area is 124 Å². The van der Waals surface area contributed by atoms with Gasteiger partial charge >= 0.3 is 5.97 Å². The molecule has 1 aromatic heterocycles. The molecule has 8 nitrogen and oxygen atoms in total. The zero-order valence-electron chi connectivity index (χ0n) is 11.6. The summed E-state index contributed by atoms with van der Waals surface area (Å²) in [6.45, 7) is -0.283. The standard InChI is InChI=1S/C13H13FN4O4/c1-22-7-10-12(13(20)21)16-17-18(10)6-11(19)15-9-4-2-8(14)3-5-9/h2-5H,6-7H2,1H3,(H,15,19)(H,20,21). The number of rotatable bonds is 6. The third kappa shape index (κ3) is 3.64. The lowest BCUT2D eigenvalue weighted by molar-refractivity contribution is -0.117. The second-order valence-corrected chi connectivity index (χ2v) is 4.34. The second-order valence-electron chi connectivity index (χ2n) is 4.34. The molecule has 0 aliphatic carbocycles. The normalized spacial score (nSPS) is 10.5. The lowest BCUT2D eigenvalue weighted by Gasteiger charge is -2.07. The highest BCUT2D eigenvalue weighted by Crippen LogP contribution is 2.10. The van der Waals surface area contributed by atoms with Crippen LogP contribution >= 0.6 is 0 Å². The fourth-order valence-electron chi connectivity index (χ4n) is 1.78. The van der Waals surface area contributed by atoms with Gasteiger partial charge < -0.3 is 15.2 Å². The number of anilines is 1. The molecule has 0 spiro atoms. The summed E-state index contributed by atoms with van der Waals surface area (Å²) in [7, 11) is 1.39. The first-order valence-corrected chi connectivity index (χ1v) is 6.21. The topological polar surface area (TPSA) is 106 Å². The molecule has 1 heterocycles. The van der Waals surface area contributed by atoms with Crippen LogP contribution in [0, 0.1) is 5.82 Å². The highest BCUT2D eigenvalue weighted by Gasteiger charge is 2.20. The smallest absolute Gasteiger partial charge is 0.358 e. The van der Waals surface area contributed by atoms with Crippen molar-refractivity contribution in [2.75, 3.05) is 12.4 Å². The summed E-state index contributed by atoms with van der Waals surface area (Å²) in [5.41, 5.74) is 0.332. The molecule has 0 aliphatic heterocycles. The molecule has 0 atom stereocenters. The Hall–Kier alpha value is -2.81. The van der Waals surface area contributed by atoms with Gasteiger partial charge in [-0.3, -0.25) is 4.79 Å². The number of carboxylic acids is 1. The molecule has 9 heteroatoms. The quantitative estimate of drug-likeness (QED) is 0.821. The van der Waals surface area contributed by atoms with E-state index in [1.54, 1.807) is 0 Å². The van der Waals surface area contributed by atoms with Crippen LogP contribution in [0.2, 0.25) is 0 Å². The molecule has 0 bridgehead atoms. The van der Waals surface area contributed by atoms with Crippen molar-refractivity contribution in [3.8, 4) is 0 Å². The number of nitrogens with one attached hydrogen (secondary N) is 1. The van der Waals surface area contributed by atoms with E-state index in [0.717, 1.165) is 4.68 Å². The molecule has 22 heavy (non-hydrogen) atoms. The van der Waals surface area contributed by atoms with Crippen LogP contribution in [0.25, 0.3) is 0 Å². The Balaban J connectivity index is 2.11. The molecule has 1 aromatic carbocycles. The highest BCUT2D eigenvalue weighted by molar-refractivity contribution is 5.91. The van der Waals surface area contributed by atoms with E-state index in [1.807, 2.05) is 0 Å². The Morgan fingerprint density at radius 3 is 2.64 bits per heavy atom. The Morgan fingerprint density at radius 1 is 1.36 bits per heavy atom. The predicted octanol–water partition coefficient (Wildman–Crippen LogP) is 0.900. The van der Waals surface area contributed by atoms with Gasteiger partial charge in [-0.25, -0.2) is 13.9 Å². The van der Waals surface area contributed by atoms with Crippen molar-refractivity contribution in [3.63, 3.8) is 0 Å². The summed E-state index contributed by atoms with van der Waals surface area (Å²) < 4.78 is 18.8. The third-order valence-electron chi connectivity index (χ3n) is 2.74.